The number of aliphatic imine (C=N–C) groups is 1. The van der Waals surface area contributed by atoms with Crippen LogP contribution in [0.3, 0.4) is 0 Å². The Balaban J connectivity index is 1.85. The van der Waals surface area contributed by atoms with Gasteiger partial charge in [-0.1, -0.05) is 18.7 Å². The fourth-order valence-electron chi connectivity index (χ4n) is 2.05. The van der Waals surface area contributed by atoms with Gasteiger partial charge < -0.3 is 5.32 Å². The van der Waals surface area contributed by atoms with E-state index >= 15 is 0 Å². The van der Waals surface area contributed by atoms with E-state index in [0.29, 0.717) is 0 Å². The fourth-order valence-corrected chi connectivity index (χ4v) is 4.46. The van der Waals surface area contributed by atoms with Gasteiger partial charge in [-0.25, -0.2) is 0 Å². The van der Waals surface area contributed by atoms with E-state index < -0.39 is 0 Å². The Kier molecular flexibility index (Phi) is 4.48. The normalized spacial score (nSPS) is 37.6. The molecule has 4 heteroatoms. The predicted molar refractivity (Wildman–Crippen MR) is 76.7 cm³/mol. The quantitative estimate of drug-likeness (QED) is 0.841. The van der Waals surface area contributed by atoms with Gasteiger partial charge in [0.25, 0.3) is 0 Å². The van der Waals surface area contributed by atoms with Gasteiger partial charge >= 0.3 is 0 Å². The summed E-state index contributed by atoms with van der Waals surface area (Å²) in [5.74, 6) is 2.55. The second-order valence-corrected chi connectivity index (χ2v) is 7.41. The molecule has 1 N–H and O–H groups in total. The third-order valence-corrected chi connectivity index (χ3v) is 5.84. The lowest BCUT2D eigenvalue weighted by atomic mass is 9.96. The highest BCUT2D eigenvalue weighted by atomic mass is 32.2. The Labute approximate surface area is 107 Å². The minimum atomic E-state index is 0.285. The van der Waals surface area contributed by atoms with E-state index in [0.717, 1.165) is 11.8 Å². The van der Waals surface area contributed by atoms with Crippen LogP contribution in [0.15, 0.2) is 4.99 Å². The smallest absolute Gasteiger partial charge is 0.157 e. The summed E-state index contributed by atoms with van der Waals surface area (Å²) >= 11 is 3.99. The van der Waals surface area contributed by atoms with E-state index in [1.165, 1.54) is 42.4 Å². The molecule has 0 aromatic rings. The lowest BCUT2D eigenvalue weighted by Gasteiger charge is -2.35. The number of nitrogens with one attached hydrogen (secondary N) is 1. The fraction of sp³-hybridized carbons (Fsp3) is 0.917. The first-order valence-corrected chi connectivity index (χ1v) is 8.32. The van der Waals surface area contributed by atoms with Crippen molar-refractivity contribution in [3.05, 3.63) is 0 Å². The Hall–Kier alpha value is 0.170. The van der Waals surface area contributed by atoms with E-state index in [2.05, 4.69) is 30.9 Å². The van der Waals surface area contributed by atoms with Crippen molar-refractivity contribution in [2.75, 3.05) is 18.1 Å². The average Bonchev–Trinajstić information content (AvgIpc) is 2.80. The molecule has 2 fully saturated rings. The number of hydrogen-bond acceptors (Lipinski definition) is 3. The number of rotatable bonds is 3. The topological polar surface area (TPSA) is 24.4 Å². The Morgan fingerprint density at radius 1 is 1.50 bits per heavy atom. The third kappa shape index (κ3) is 3.33. The SMILES string of the molecule is CCC1(C)CCSC(=NCC2CCCS2)N1. The van der Waals surface area contributed by atoms with Crippen molar-refractivity contribution in [1.82, 2.24) is 5.32 Å². The maximum absolute atomic E-state index is 4.76. The summed E-state index contributed by atoms with van der Waals surface area (Å²) in [5, 5.41) is 5.57. The molecule has 0 saturated carbocycles. The highest BCUT2D eigenvalue weighted by Gasteiger charge is 2.27. The number of nitrogens with zero attached hydrogens (tertiary/aromatic N) is 1. The third-order valence-electron chi connectivity index (χ3n) is 3.54. The first kappa shape index (κ1) is 12.6. The predicted octanol–water partition coefficient (Wildman–Crippen LogP) is 3.13. The van der Waals surface area contributed by atoms with Crippen LogP contribution in [0, 0.1) is 0 Å². The van der Waals surface area contributed by atoms with Crippen molar-refractivity contribution in [2.45, 2.75) is 50.3 Å². The first-order valence-electron chi connectivity index (χ1n) is 6.29. The van der Waals surface area contributed by atoms with Gasteiger partial charge in [-0.05, 0) is 38.4 Å². The van der Waals surface area contributed by atoms with Gasteiger partial charge in [0.15, 0.2) is 5.17 Å². The molecule has 2 aliphatic heterocycles. The largest absolute Gasteiger partial charge is 0.360 e. The molecular formula is C12H22N2S2. The molecule has 0 bridgehead atoms. The van der Waals surface area contributed by atoms with Gasteiger partial charge in [-0.15, -0.1) is 0 Å². The lowest BCUT2D eigenvalue weighted by molar-refractivity contribution is 0.390. The molecule has 2 nitrogen and oxygen atoms in total. The molecule has 16 heavy (non-hydrogen) atoms. The van der Waals surface area contributed by atoms with Gasteiger partial charge in [0.1, 0.15) is 0 Å². The van der Waals surface area contributed by atoms with Gasteiger partial charge in [0.2, 0.25) is 0 Å². The first-order chi connectivity index (χ1) is 7.72. The number of thioether (sulfide) groups is 2. The Morgan fingerprint density at radius 3 is 3.06 bits per heavy atom. The Morgan fingerprint density at radius 2 is 2.38 bits per heavy atom. The average molecular weight is 258 g/mol. The molecule has 2 unspecified atom stereocenters. The molecule has 0 spiro atoms. The standard InChI is InChI=1S/C12H22N2S2/c1-3-12(2)6-8-16-11(14-12)13-9-10-5-4-7-15-10/h10H,3-9H2,1-2H3,(H,13,14). The van der Waals surface area contributed by atoms with Crippen molar-refractivity contribution in [3.63, 3.8) is 0 Å². The minimum absolute atomic E-state index is 0.285. The van der Waals surface area contributed by atoms with Crippen LogP contribution in [0.2, 0.25) is 0 Å². The highest BCUT2D eigenvalue weighted by Crippen LogP contribution is 2.28. The molecule has 92 valence electrons. The maximum Gasteiger partial charge on any atom is 0.157 e. The van der Waals surface area contributed by atoms with E-state index in [1.54, 1.807) is 0 Å². The summed E-state index contributed by atoms with van der Waals surface area (Å²) < 4.78 is 0. The molecule has 2 atom stereocenters. The van der Waals surface area contributed by atoms with Crippen molar-refractivity contribution in [1.29, 1.82) is 0 Å². The molecule has 0 aromatic carbocycles. The van der Waals surface area contributed by atoms with Crippen LogP contribution in [-0.2, 0) is 0 Å². The zero-order valence-electron chi connectivity index (χ0n) is 10.3. The lowest BCUT2D eigenvalue weighted by Crippen LogP contribution is -2.48. The van der Waals surface area contributed by atoms with Gasteiger partial charge in [-0.3, -0.25) is 4.99 Å². The van der Waals surface area contributed by atoms with Crippen LogP contribution in [0.4, 0.5) is 0 Å². The number of amidine groups is 1. The summed E-state index contributed by atoms with van der Waals surface area (Å²) in [7, 11) is 0. The van der Waals surface area contributed by atoms with Crippen molar-refractivity contribution in [3.8, 4) is 0 Å². The van der Waals surface area contributed by atoms with Crippen LogP contribution >= 0.6 is 23.5 Å². The number of hydrogen-bond donors (Lipinski definition) is 1. The molecule has 0 amide bonds. The van der Waals surface area contributed by atoms with Crippen LogP contribution < -0.4 is 5.32 Å². The molecule has 0 aromatic heterocycles. The molecule has 0 radical (unpaired) electrons. The van der Waals surface area contributed by atoms with E-state index in [4.69, 9.17) is 4.99 Å². The van der Waals surface area contributed by atoms with Gasteiger partial charge in [-0.2, -0.15) is 11.8 Å². The summed E-state index contributed by atoms with van der Waals surface area (Å²) in [6.45, 7) is 5.58. The summed E-state index contributed by atoms with van der Waals surface area (Å²) in [4.78, 5) is 4.76. The van der Waals surface area contributed by atoms with Crippen molar-refractivity contribution in [2.24, 2.45) is 4.99 Å². The van der Waals surface area contributed by atoms with Crippen LogP contribution in [0.5, 0.6) is 0 Å². The molecule has 2 heterocycles. The zero-order chi connectivity index (χ0) is 11.4. The summed E-state index contributed by atoms with van der Waals surface area (Å²) in [5.41, 5.74) is 0.285. The minimum Gasteiger partial charge on any atom is -0.360 e. The molecular weight excluding hydrogens is 236 g/mol. The monoisotopic (exact) mass is 258 g/mol. The Bertz CT molecular complexity index is 262. The molecule has 2 rings (SSSR count). The molecule has 2 saturated heterocycles. The maximum atomic E-state index is 4.76. The zero-order valence-corrected chi connectivity index (χ0v) is 11.9. The van der Waals surface area contributed by atoms with E-state index in [9.17, 15) is 0 Å². The second kappa shape index (κ2) is 5.67. The summed E-state index contributed by atoms with van der Waals surface area (Å²) in [6, 6.07) is 0. The van der Waals surface area contributed by atoms with Gasteiger partial charge in [0, 0.05) is 16.5 Å². The van der Waals surface area contributed by atoms with E-state index in [1.807, 2.05) is 11.8 Å². The van der Waals surface area contributed by atoms with Crippen molar-refractivity contribution >= 4 is 28.7 Å². The molecule has 0 aliphatic carbocycles. The van der Waals surface area contributed by atoms with Crippen LogP contribution in [-0.4, -0.2) is 34.0 Å². The van der Waals surface area contributed by atoms with Crippen LogP contribution in [0.25, 0.3) is 0 Å². The highest BCUT2D eigenvalue weighted by molar-refractivity contribution is 8.13. The van der Waals surface area contributed by atoms with Crippen molar-refractivity contribution < 1.29 is 0 Å². The van der Waals surface area contributed by atoms with E-state index in [-0.39, 0.29) is 5.54 Å². The van der Waals surface area contributed by atoms with Crippen LogP contribution in [0.1, 0.15) is 39.5 Å². The van der Waals surface area contributed by atoms with Gasteiger partial charge in [0.05, 0.1) is 6.54 Å². The molecule has 2 aliphatic rings. The second-order valence-electron chi connectivity index (χ2n) is 4.92. The summed E-state index contributed by atoms with van der Waals surface area (Å²) in [6.07, 6.45) is 5.18.